The fraction of sp³-hybridized carbons (Fsp3) is 0.435. The van der Waals surface area contributed by atoms with Gasteiger partial charge in [-0.05, 0) is 58.4 Å². The number of nitrogens with zero attached hydrogens (tertiary/aromatic N) is 2. The van der Waals surface area contributed by atoms with Crippen LogP contribution >= 0.6 is 0 Å². The molecule has 1 saturated heterocycles. The molecule has 0 spiro atoms. The van der Waals surface area contributed by atoms with E-state index in [-0.39, 0.29) is 11.6 Å². The molecule has 31 heavy (non-hydrogen) atoms. The third kappa shape index (κ3) is 4.64. The number of hydrogen-bond acceptors (Lipinski definition) is 7. The average molecular weight is 425 g/mol. The van der Waals surface area contributed by atoms with Gasteiger partial charge < -0.3 is 24.3 Å². The van der Waals surface area contributed by atoms with Gasteiger partial charge in [0.2, 0.25) is 0 Å². The molecule has 2 N–H and O–H groups in total. The maximum atomic E-state index is 12.7. The molecule has 1 aromatic carbocycles. The van der Waals surface area contributed by atoms with E-state index in [0.717, 1.165) is 35.5 Å². The molecule has 0 aliphatic carbocycles. The Balaban J connectivity index is 1.61. The van der Waals surface area contributed by atoms with Crippen LogP contribution < -0.4 is 15.4 Å². The number of aromatic nitrogens is 2. The van der Waals surface area contributed by atoms with E-state index in [1.54, 1.807) is 13.8 Å². The molecule has 0 saturated carbocycles. The second-order valence-corrected chi connectivity index (χ2v) is 7.96. The number of ether oxygens (including phenoxy) is 1. The molecule has 1 unspecified atom stereocenters. The zero-order valence-electron chi connectivity index (χ0n) is 18.4. The summed E-state index contributed by atoms with van der Waals surface area (Å²) in [4.78, 5) is 16.9. The van der Waals surface area contributed by atoms with Crippen molar-refractivity contribution in [3.63, 3.8) is 0 Å². The minimum absolute atomic E-state index is 0.278. The number of carbonyl (C=O) groups excluding carboxylic acids is 1. The lowest BCUT2D eigenvalue weighted by atomic mass is 10.0. The van der Waals surface area contributed by atoms with Crippen molar-refractivity contribution >= 4 is 11.6 Å². The van der Waals surface area contributed by atoms with Crippen LogP contribution in [-0.4, -0.2) is 35.2 Å². The first-order valence-corrected chi connectivity index (χ1v) is 10.6. The average Bonchev–Trinajstić information content (AvgIpc) is 3.27. The third-order valence-corrected chi connectivity index (χ3v) is 5.51. The summed E-state index contributed by atoms with van der Waals surface area (Å²) in [5.74, 6) is 2.05. The Morgan fingerprint density at radius 1 is 1.23 bits per heavy atom. The van der Waals surface area contributed by atoms with Crippen molar-refractivity contribution in [3.8, 4) is 16.9 Å². The van der Waals surface area contributed by atoms with Gasteiger partial charge >= 0.3 is 0 Å². The van der Waals surface area contributed by atoms with Crippen LogP contribution in [0.2, 0.25) is 0 Å². The predicted octanol–water partition coefficient (Wildman–Crippen LogP) is 4.34. The molecule has 3 heterocycles. The van der Waals surface area contributed by atoms with Crippen LogP contribution in [0.1, 0.15) is 52.9 Å². The normalized spacial score (nSPS) is 16.3. The highest BCUT2D eigenvalue weighted by Crippen LogP contribution is 2.37. The zero-order valence-corrected chi connectivity index (χ0v) is 18.4. The molecule has 4 rings (SSSR count). The van der Waals surface area contributed by atoms with Gasteiger partial charge in [-0.1, -0.05) is 11.6 Å². The minimum atomic E-state index is -0.320. The Kier molecular flexibility index (Phi) is 6.08. The maximum Gasteiger partial charge on any atom is 0.277 e. The van der Waals surface area contributed by atoms with Crippen molar-refractivity contribution in [3.05, 3.63) is 47.0 Å². The predicted molar refractivity (Wildman–Crippen MR) is 116 cm³/mol. The fourth-order valence-electron chi connectivity index (χ4n) is 3.98. The highest BCUT2D eigenvalue weighted by molar-refractivity contribution is 6.04. The van der Waals surface area contributed by atoms with Crippen molar-refractivity contribution in [1.29, 1.82) is 0 Å². The zero-order chi connectivity index (χ0) is 22.0. The van der Waals surface area contributed by atoms with Gasteiger partial charge in [0.05, 0.1) is 11.3 Å². The Bertz CT molecular complexity index is 1060. The molecule has 0 bridgehead atoms. The molecular weight excluding hydrogens is 396 g/mol. The van der Waals surface area contributed by atoms with E-state index in [9.17, 15) is 4.79 Å². The van der Waals surface area contributed by atoms with Crippen molar-refractivity contribution < 1.29 is 18.5 Å². The van der Waals surface area contributed by atoms with E-state index < -0.39 is 0 Å². The van der Waals surface area contributed by atoms with E-state index >= 15 is 0 Å². The number of anilines is 1. The van der Waals surface area contributed by atoms with Crippen molar-refractivity contribution in [2.24, 2.45) is 0 Å². The Labute approximate surface area is 181 Å². The monoisotopic (exact) mass is 424 g/mol. The number of rotatable bonds is 6. The number of aryl methyl sites for hydroxylation is 4. The van der Waals surface area contributed by atoms with Crippen molar-refractivity contribution in [1.82, 2.24) is 15.5 Å². The minimum Gasteiger partial charge on any atom is -0.491 e. The number of hydrogen-bond donors (Lipinski definition) is 2. The van der Waals surface area contributed by atoms with E-state index in [1.807, 2.05) is 32.0 Å². The number of carbonyl (C=O) groups is 1. The lowest BCUT2D eigenvalue weighted by molar-refractivity contribution is 0.102. The molecule has 8 nitrogen and oxygen atoms in total. The molecule has 1 amide bonds. The van der Waals surface area contributed by atoms with E-state index in [4.69, 9.17) is 13.7 Å². The Morgan fingerprint density at radius 2 is 2.06 bits per heavy atom. The van der Waals surface area contributed by atoms with Crippen LogP contribution in [-0.2, 0) is 0 Å². The molecule has 164 valence electrons. The van der Waals surface area contributed by atoms with E-state index in [2.05, 4.69) is 20.8 Å². The standard InChI is InChI=1S/C23H28N4O4/c1-13-21(14(2)31-27-13)19-11-17(26-23(28)22-15(3)30-16(4)25-22)8-9-20(19)29-12-18-7-5-6-10-24-18/h8-9,11,18,24H,5-7,10,12H2,1-4H3,(H,26,28). The van der Waals surface area contributed by atoms with Crippen LogP contribution in [0.25, 0.3) is 11.1 Å². The van der Waals surface area contributed by atoms with Gasteiger partial charge in [0, 0.05) is 24.2 Å². The quantitative estimate of drug-likeness (QED) is 0.607. The first kappa shape index (κ1) is 21.1. The number of piperidine rings is 1. The van der Waals surface area contributed by atoms with Crippen molar-refractivity contribution in [2.75, 3.05) is 18.5 Å². The molecule has 1 aliphatic heterocycles. The van der Waals surface area contributed by atoms with Crippen LogP contribution in [0.5, 0.6) is 5.75 Å². The van der Waals surface area contributed by atoms with Crippen LogP contribution in [0.3, 0.4) is 0 Å². The summed E-state index contributed by atoms with van der Waals surface area (Å²) < 4.78 is 17.0. The van der Waals surface area contributed by atoms with Crippen LogP contribution in [0.15, 0.2) is 27.1 Å². The summed E-state index contributed by atoms with van der Waals surface area (Å²) in [5, 5.41) is 10.5. The van der Waals surface area contributed by atoms with Gasteiger partial charge in [-0.2, -0.15) is 0 Å². The van der Waals surface area contributed by atoms with Crippen LogP contribution in [0, 0.1) is 27.7 Å². The lowest BCUT2D eigenvalue weighted by Crippen LogP contribution is -2.38. The second-order valence-electron chi connectivity index (χ2n) is 7.96. The van der Waals surface area contributed by atoms with Gasteiger partial charge in [-0.15, -0.1) is 0 Å². The molecule has 1 fully saturated rings. The van der Waals surface area contributed by atoms with E-state index in [1.165, 1.54) is 12.8 Å². The van der Waals surface area contributed by atoms with Gasteiger partial charge in [0.15, 0.2) is 11.6 Å². The molecule has 1 aliphatic rings. The first-order valence-electron chi connectivity index (χ1n) is 10.6. The Morgan fingerprint density at radius 3 is 2.71 bits per heavy atom. The summed E-state index contributed by atoms with van der Waals surface area (Å²) >= 11 is 0. The largest absolute Gasteiger partial charge is 0.491 e. The van der Waals surface area contributed by atoms with E-state index in [0.29, 0.717) is 35.7 Å². The summed E-state index contributed by atoms with van der Waals surface area (Å²) in [6, 6.07) is 5.92. The molecular formula is C23H28N4O4. The van der Waals surface area contributed by atoms with Gasteiger partial charge in [-0.3, -0.25) is 4.79 Å². The molecule has 1 atom stereocenters. The first-order chi connectivity index (χ1) is 14.9. The smallest absolute Gasteiger partial charge is 0.277 e. The summed E-state index contributed by atoms with van der Waals surface area (Å²) in [7, 11) is 0. The topological polar surface area (TPSA) is 102 Å². The highest BCUT2D eigenvalue weighted by Gasteiger charge is 2.21. The summed E-state index contributed by atoms with van der Waals surface area (Å²) in [6.45, 7) is 8.81. The number of amides is 1. The highest BCUT2D eigenvalue weighted by atomic mass is 16.5. The molecule has 2 aromatic heterocycles. The number of nitrogens with one attached hydrogen (secondary N) is 2. The van der Waals surface area contributed by atoms with Crippen LogP contribution in [0.4, 0.5) is 5.69 Å². The molecule has 0 radical (unpaired) electrons. The summed E-state index contributed by atoms with van der Waals surface area (Å²) in [5.41, 5.74) is 3.38. The second kappa shape index (κ2) is 8.93. The van der Waals surface area contributed by atoms with Crippen molar-refractivity contribution in [2.45, 2.75) is 53.0 Å². The summed E-state index contributed by atoms with van der Waals surface area (Å²) in [6.07, 6.45) is 3.52. The van der Waals surface area contributed by atoms with Gasteiger partial charge in [0.1, 0.15) is 23.9 Å². The lowest BCUT2D eigenvalue weighted by Gasteiger charge is -2.24. The van der Waals surface area contributed by atoms with Gasteiger partial charge in [0.25, 0.3) is 5.91 Å². The number of benzene rings is 1. The third-order valence-electron chi connectivity index (χ3n) is 5.51. The number of oxazole rings is 1. The maximum absolute atomic E-state index is 12.7. The fourth-order valence-corrected chi connectivity index (χ4v) is 3.98. The molecule has 3 aromatic rings. The molecule has 8 heteroatoms. The van der Waals surface area contributed by atoms with Gasteiger partial charge in [-0.25, -0.2) is 4.98 Å². The Hall–Kier alpha value is -3.13. The SMILES string of the molecule is Cc1nc(C(=O)Nc2ccc(OCC3CCCCN3)c(-c3c(C)noc3C)c2)c(C)o1.